The van der Waals surface area contributed by atoms with Gasteiger partial charge < -0.3 is 24.8 Å². The number of carbonyl (C=O) groups is 3. The molecule has 0 aliphatic carbocycles. The van der Waals surface area contributed by atoms with E-state index in [9.17, 15) is 27.6 Å². The van der Waals surface area contributed by atoms with Gasteiger partial charge in [0.25, 0.3) is 0 Å². The Morgan fingerprint density at radius 2 is 1.54 bits per heavy atom. The topological polar surface area (TPSA) is 103 Å². The molecule has 0 aromatic rings. The number of hydrogen-bond donors (Lipinski definition) is 2. The van der Waals surface area contributed by atoms with E-state index in [0.29, 0.717) is 6.54 Å². The third-order valence-electron chi connectivity index (χ3n) is 7.19. The number of ether oxygens (including phenoxy) is 3. The van der Waals surface area contributed by atoms with Gasteiger partial charge in [0.15, 0.2) is 0 Å². The normalized spacial score (nSPS) is 29.5. The van der Waals surface area contributed by atoms with E-state index in [1.165, 1.54) is 30.2 Å². The molecule has 4 atom stereocenters. The fraction of sp³-hybridized carbons (Fsp3) is 0.577. The summed E-state index contributed by atoms with van der Waals surface area (Å²) in [6.45, 7) is 5.41. The van der Waals surface area contributed by atoms with Gasteiger partial charge in [-0.05, 0) is 50.0 Å². The summed E-state index contributed by atoms with van der Waals surface area (Å²) in [5.41, 5.74) is -1.76. The lowest BCUT2D eigenvalue weighted by molar-refractivity contribution is -0.141. The van der Waals surface area contributed by atoms with Crippen LogP contribution in [0.3, 0.4) is 0 Å². The van der Waals surface area contributed by atoms with Gasteiger partial charge in [0.05, 0.1) is 36.9 Å². The second kappa shape index (κ2) is 10.1. The molecule has 0 fully saturated rings. The SMILES string of the molecule is CCOC(=O)C1=C(C(F)(F)F)C2C=CC1(CNC(=O)CCCC(=O)NCC13C=CC(O1)C(C)=C3CC)O2. The number of esters is 1. The summed E-state index contributed by atoms with van der Waals surface area (Å²) in [7, 11) is 0. The van der Waals surface area contributed by atoms with E-state index < -0.39 is 46.5 Å². The van der Waals surface area contributed by atoms with Crippen LogP contribution in [0.4, 0.5) is 13.2 Å². The van der Waals surface area contributed by atoms with Crippen molar-refractivity contribution in [3.05, 3.63) is 46.6 Å². The molecule has 0 saturated heterocycles. The predicted molar refractivity (Wildman–Crippen MR) is 126 cm³/mol. The van der Waals surface area contributed by atoms with Crippen LogP contribution in [0.15, 0.2) is 46.6 Å². The highest BCUT2D eigenvalue weighted by molar-refractivity contribution is 5.95. The molecule has 4 heterocycles. The molecule has 0 spiro atoms. The van der Waals surface area contributed by atoms with Crippen molar-refractivity contribution < 1.29 is 41.8 Å². The number of hydrogen-bond acceptors (Lipinski definition) is 6. The molecule has 37 heavy (non-hydrogen) atoms. The minimum atomic E-state index is -4.79. The fourth-order valence-electron chi connectivity index (χ4n) is 5.48. The summed E-state index contributed by atoms with van der Waals surface area (Å²) in [6, 6.07) is 0. The molecule has 0 saturated carbocycles. The summed E-state index contributed by atoms with van der Waals surface area (Å²) < 4.78 is 57.3. The van der Waals surface area contributed by atoms with Crippen molar-refractivity contribution in [2.75, 3.05) is 19.7 Å². The molecule has 2 N–H and O–H groups in total. The van der Waals surface area contributed by atoms with Gasteiger partial charge in [-0.2, -0.15) is 13.2 Å². The molecule has 11 heteroatoms. The van der Waals surface area contributed by atoms with Gasteiger partial charge in [-0.3, -0.25) is 9.59 Å². The molecule has 4 aliphatic heterocycles. The average Bonchev–Trinajstić information content (AvgIpc) is 3.59. The molecule has 4 bridgehead atoms. The van der Waals surface area contributed by atoms with E-state index in [-0.39, 0.29) is 44.4 Å². The van der Waals surface area contributed by atoms with Crippen molar-refractivity contribution in [2.45, 2.75) is 76.0 Å². The van der Waals surface area contributed by atoms with Crippen molar-refractivity contribution in [1.29, 1.82) is 0 Å². The summed E-state index contributed by atoms with van der Waals surface area (Å²) >= 11 is 0. The number of rotatable bonds is 11. The Kier molecular flexibility index (Phi) is 7.40. The minimum absolute atomic E-state index is 0.0237. The quantitative estimate of drug-likeness (QED) is 0.318. The summed E-state index contributed by atoms with van der Waals surface area (Å²) in [5, 5.41) is 5.41. The first-order valence-electron chi connectivity index (χ1n) is 12.4. The predicted octanol–water partition coefficient (Wildman–Crippen LogP) is 2.95. The lowest BCUT2D eigenvalue weighted by atomic mass is 9.86. The van der Waals surface area contributed by atoms with Gasteiger partial charge in [-0.25, -0.2) is 4.79 Å². The molecular formula is C26H31F3N2O6. The van der Waals surface area contributed by atoms with Crippen molar-refractivity contribution in [2.24, 2.45) is 0 Å². The molecule has 4 unspecified atom stereocenters. The smallest absolute Gasteiger partial charge is 0.416 e. The van der Waals surface area contributed by atoms with Crippen LogP contribution >= 0.6 is 0 Å². The highest BCUT2D eigenvalue weighted by Crippen LogP contribution is 2.49. The van der Waals surface area contributed by atoms with Crippen LogP contribution in [0, 0.1) is 0 Å². The van der Waals surface area contributed by atoms with Gasteiger partial charge in [-0.1, -0.05) is 19.1 Å². The molecule has 0 aromatic heterocycles. The van der Waals surface area contributed by atoms with Crippen molar-refractivity contribution in [3.8, 4) is 0 Å². The standard InChI is InChI=1S/C26H31F3N2O6/c1-4-16-15(3)17-9-11-24(16,36-17)13-30-19(32)7-6-8-20(33)31-14-25-12-10-18(37-25)21(26(27,28)29)22(25)23(34)35-5-2/h9-12,17-18H,4-8,13-14H2,1-3H3,(H,30,32)(H,31,33). The third kappa shape index (κ3) is 4.98. The molecule has 2 amide bonds. The summed E-state index contributed by atoms with van der Waals surface area (Å²) in [5.74, 6) is -1.83. The number of fused-ring (bicyclic) bond motifs is 4. The van der Waals surface area contributed by atoms with Crippen LogP contribution in [0.1, 0.15) is 46.5 Å². The molecule has 4 rings (SSSR count). The molecular weight excluding hydrogens is 493 g/mol. The van der Waals surface area contributed by atoms with E-state index in [1.54, 1.807) is 0 Å². The summed E-state index contributed by atoms with van der Waals surface area (Å²) in [4.78, 5) is 37.2. The fourth-order valence-corrected chi connectivity index (χ4v) is 5.48. The zero-order chi connectivity index (χ0) is 27.0. The van der Waals surface area contributed by atoms with E-state index in [4.69, 9.17) is 14.2 Å². The maximum absolute atomic E-state index is 13.6. The number of carbonyl (C=O) groups excluding carboxylic acids is 3. The van der Waals surface area contributed by atoms with Crippen molar-refractivity contribution in [3.63, 3.8) is 0 Å². The largest absolute Gasteiger partial charge is 0.463 e. The molecule has 0 aromatic carbocycles. The first-order chi connectivity index (χ1) is 17.5. The van der Waals surface area contributed by atoms with Crippen LogP contribution < -0.4 is 10.6 Å². The lowest BCUT2D eigenvalue weighted by Gasteiger charge is -2.27. The van der Waals surface area contributed by atoms with Gasteiger partial charge in [0.1, 0.15) is 17.3 Å². The van der Waals surface area contributed by atoms with Crippen molar-refractivity contribution >= 4 is 17.8 Å². The number of alkyl halides is 3. The van der Waals surface area contributed by atoms with Gasteiger partial charge in [0.2, 0.25) is 11.8 Å². The van der Waals surface area contributed by atoms with Crippen LogP contribution in [-0.4, -0.2) is 67.1 Å². The first-order valence-corrected chi connectivity index (χ1v) is 12.4. The van der Waals surface area contributed by atoms with Gasteiger partial charge in [-0.15, -0.1) is 0 Å². The molecule has 0 radical (unpaired) electrons. The Morgan fingerprint density at radius 3 is 2.14 bits per heavy atom. The molecule has 202 valence electrons. The van der Waals surface area contributed by atoms with E-state index >= 15 is 0 Å². The zero-order valence-corrected chi connectivity index (χ0v) is 21.0. The van der Waals surface area contributed by atoms with Crippen LogP contribution in [0.25, 0.3) is 0 Å². The first kappa shape index (κ1) is 27.1. The van der Waals surface area contributed by atoms with E-state index in [1.807, 2.05) is 26.0 Å². The maximum atomic E-state index is 13.6. The number of nitrogens with one attached hydrogen (secondary N) is 2. The zero-order valence-electron chi connectivity index (χ0n) is 21.0. The maximum Gasteiger partial charge on any atom is 0.416 e. The van der Waals surface area contributed by atoms with Gasteiger partial charge in [0, 0.05) is 12.8 Å². The Bertz CT molecular complexity index is 1110. The molecule has 8 nitrogen and oxygen atoms in total. The number of halogens is 3. The highest BCUT2D eigenvalue weighted by atomic mass is 19.4. The van der Waals surface area contributed by atoms with Crippen LogP contribution in [-0.2, 0) is 28.6 Å². The monoisotopic (exact) mass is 524 g/mol. The van der Waals surface area contributed by atoms with E-state index in [0.717, 1.165) is 6.42 Å². The Morgan fingerprint density at radius 1 is 0.973 bits per heavy atom. The Hall–Kier alpha value is -2.92. The minimum Gasteiger partial charge on any atom is -0.463 e. The third-order valence-corrected chi connectivity index (χ3v) is 7.19. The molecule has 4 aliphatic rings. The van der Waals surface area contributed by atoms with Gasteiger partial charge >= 0.3 is 12.1 Å². The van der Waals surface area contributed by atoms with Crippen LogP contribution in [0.2, 0.25) is 0 Å². The number of amides is 2. The summed E-state index contributed by atoms with van der Waals surface area (Å²) in [6.07, 6.45) is 1.39. The Balaban J connectivity index is 1.27. The lowest BCUT2D eigenvalue weighted by Crippen LogP contribution is -2.44. The van der Waals surface area contributed by atoms with Crippen LogP contribution in [0.5, 0.6) is 0 Å². The Labute approximate surface area is 213 Å². The van der Waals surface area contributed by atoms with Crippen molar-refractivity contribution in [1.82, 2.24) is 10.6 Å². The average molecular weight is 525 g/mol. The van der Waals surface area contributed by atoms with E-state index in [2.05, 4.69) is 10.6 Å². The second-order valence-corrected chi connectivity index (χ2v) is 9.50. The second-order valence-electron chi connectivity index (χ2n) is 9.50. The highest BCUT2D eigenvalue weighted by Gasteiger charge is 2.59.